The van der Waals surface area contributed by atoms with E-state index in [9.17, 15) is 5.11 Å². The van der Waals surface area contributed by atoms with E-state index in [0.717, 1.165) is 0 Å². The first kappa shape index (κ1) is 9.74. The molecule has 68 valence electrons. The van der Waals surface area contributed by atoms with Gasteiger partial charge in [0.05, 0.1) is 14.2 Å². The third-order valence-electron chi connectivity index (χ3n) is 2.37. The largest absolute Gasteiger partial charge is 0.389 e. The number of rotatable bonds is 1. The van der Waals surface area contributed by atoms with Crippen LogP contribution in [-0.4, -0.2) is 19.3 Å². The van der Waals surface area contributed by atoms with Crippen LogP contribution in [0.4, 0.5) is 0 Å². The Labute approximate surface area is 75.8 Å². The zero-order valence-corrected chi connectivity index (χ0v) is 9.33. The number of hydrogen-bond acceptors (Lipinski definition) is 1. The van der Waals surface area contributed by atoms with E-state index in [1.165, 1.54) is 5.20 Å². The molecule has 0 radical (unpaired) electrons. The van der Waals surface area contributed by atoms with Crippen molar-refractivity contribution >= 4 is 8.07 Å². The molecule has 0 aromatic rings. The summed E-state index contributed by atoms with van der Waals surface area (Å²) in [4.78, 5) is 0. The Morgan fingerprint density at radius 2 is 1.92 bits per heavy atom. The van der Waals surface area contributed by atoms with Crippen LogP contribution in [-0.2, 0) is 0 Å². The molecular weight excluding hydrogens is 164 g/mol. The first-order valence-electron chi connectivity index (χ1n) is 4.50. The molecule has 0 amide bonds. The smallest absolute Gasteiger partial charge is 0.0778 e. The Bertz CT molecular complexity index is 222. The van der Waals surface area contributed by atoms with Crippen LogP contribution < -0.4 is 0 Å². The highest BCUT2D eigenvalue weighted by Gasteiger charge is 2.29. The maximum atomic E-state index is 9.89. The minimum absolute atomic E-state index is 0.235. The molecule has 1 nitrogen and oxygen atoms in total. The first-order valence-corrected chi connectivity index (χ1v) is 8.00. The molecule has 0 saturated carbocycles. The van der Waals surface area contributed by atoms with Crippen molar-refractivity contribution in [2.45, 2.75) is 32.7 Å². The molecule has 0 aromatic carbocycles. The van der Waals surface area contributed by atoms with Gasteiger partial charge in [-0.15, -0.1) is 0 Å². The lowest BCUT2D eigenvalue weighted by Crippen LogP contribution is -2.36. The van der Waals surface area contributed by atoms with Gasteiger partial charge in [-0.25, -0.2) is 0 Å². The Hall–Kier alpha value is -0.343. The Kier molecular flexibility index (Phi) is 2.59. The second kappa shape index (κ2) is 3.19. The van der Waals surface area contributed by atoms with E-state index in [0.29, 0.717) is 0 Å². The maximum Gasteiger partial charge on any atom is 0.0778 e. The van der Waals surface area contributed by atoms with Crippen LogP contribution in [0.2, 0.25) is 19.6 Å². The van der Waals surface area contributed by atoms with Gasteiger partial charge in [-0.2, -0.15) is 0 Å². The quantitative estimate of drug-likeness (QED) is 0.617. The Morgan fingerprint density at radius 3 is 2.33 bits per heavy atom. The molecule has 0 fully saturated rings. The van der Waals surface area contributed by atoms with Gasteiger partial charge < -0.3 is 5.11 Å². The molecular formula is C10H18OSi. The monoisotopic (exact) mass is 182 g/mol. The minimum atomic E-state index is -1.30. The predicted octanol–water partition coefficient (Wildman–Crippen LogP) is 2.36. The van der Waals surface area contributed by atoms with E-state index in [4.69, 9.17) is 0 Å². The van der Waals surface area contributed by atoms with Crippen LogP contribution in [0.25, 0.3) is 0 Å². The van der Waals surface area contributed by atoms with E-state index in [-0.39, 0.29) is 12.0 Å². The lowest BCUT2D eigenvalue weighted by atomic mass is 10.00. The first-order chi connectivity index (χ1) is 5.43. The lowest BCUT2D eigenvalue weighted by Gasteiger charge is -2.30. The van der Waals surface area contributed by atoms with Gasteiger partial charge in [0.1, 0.15) is 0 Å². The fourth-order valence-corrected chi connectivity index (χ4v) is 3.26. The second-order valence-electron chi connectivity index (χ2n) is 4.56. The van der Waals surface area contributed by atoms with Gasteiger partial charge in [0.2, 0.25) is 0 Å². The third-order valence-corrected chi connectivity index (χ3v) is 4.57. The molecule has 0 heterocycles. The zero-order chi connectivity index (χ0) is 9.35. The van der Waals surface area contributed by atoms with Crippen LogP contribution in [0.3, 0.4) is 0 Å². The van der Waals surface area contributed by atoms with Gasteiger partial charge in [0, 0.05) is 5.92 Å². The van der Waals surface area contributed by atoms with Gasteiger partial charge in [-0.3, -0.25) is 0 Å². The summed E-state index contributed by atoms with van der Waals surface area (Å²) in [5, 5.41) is 11.2. The van der Waals surface area contributed by atoms with Crippen LogP contribution in [0.15, 0.2) is 23.4 Å². The fraction of sp³-hybridized carbons (Fsp3) is 0.600. The molecule has 1 aliphatic carbocycles. The normalized spacial score (nSPS) is 30.2. The summed E-state index contributed by atoms with van der Waals surface area (Å²) in [6.45, 7) is 8.88. The molecule has 0 unspecified atom stereocenters. The molecule has 12 heavy (non-hydrogen) atoms. The van der Waals surface area contributed by atoms with Gasteiger partial charge in [-0.05, 0) is 0 Å². The van der Waals surface area contributed by atoms with Crippen molar-refractivity contribution in [3.05, 3.63) is 23.4 Å². The van der Waals surface area contributed by atoms with Crippen molar-refractivity contribution in [3.8, 4) is 0 Å². The molecule has 2 heteroatoms. The standard InChI is InChI=1S/C10H18OSi/c1-8-6-5-7-9(10(8)11)12(2,3)4/h5-8,10-11H,1-4H3/t8-,10-/m0/s1. The molecule has 0 spiro atoms. The maximum absolute atomic E-state index is 9.89. The Balaban J connectivity index is 2.90. The highest BCUT2D eigenvalue weighted by atomic mass is 28.3. The molecule has 0 aromatic heterocycles. The highest BCUT2D eigenvalue weighted by molar-refractivity contribution is 6.83. The molecule has 0 saturated heterocycles. The SMILES string of the molecule is C[C@H]1C=CC=C([Si](C)(C)C)[C@H]1O. The zero-order valence-electron chi connectivity index (χ0n) is 8.33. The third kappa shape index (κ3) is 1.87. The molecule has 1 N–H and O–H groups in total. The number of hydrogen-bond donors (Lipinski definition) is 1. The minimum Gasteiger partial charge on any atom is -0.389 e. The van der Waals surface area contributed by atoms with E-state index in [1.807, 2.05) is 0 Å². The topological polar surface area (TPSA) is 20.2 Å². The van der Waals surface area contributed by atoms with Crippen molar-refractivity contribution in [1.82, 2.24) is 0 Å². The summed E-state index contributed by atoms with van der Waals surface area (Å²) in [5.41, 5.74) is 0. The van der Waals surface area contributed by atoms with Gasteiger partial charge in [0.25, 0.3) is 0 Å². The van der Waals surface area contributed by atoms with E-state index >= 15 is 0 Å². The summed E-state index contributed by atoms with van der Waals surface area (Å²) in [5.74, 6) is 0.289. The van der Waals surface area contributed by atoms with Gasteiger partial charge in [-0.1, -0.05) is 50.0 Å². The summed E-state index contributed by atoms with van der Waals surface area (Å²) in [7, 11) is -1.30. The molecule has 2 atom stereocenters. The second-order valence-corrected chi connectivity index (χ2v) is 9.64. The average Bonchev–Trinajstić information content (AvgIpc) is 1.92. The van der Waals surface area contributed by atoms with Crippen molar-refractivity contribution in [2.75, 3.05) is 0 Å². The van der Waals surface area contributed by atoms with Gasteiger partial charge in [0.15, 0.2) is 0 Å². The van der Waals surface area contributed by atoms with Crippen LogP contribution in [0.1, 0.15) is 6.92 Å². The molecule has 0 bridgehead atoms. The van der Waals surface area contributed by atoms with E-state index < -0.39 is 8.07 Å². The summed E-state index contributed by atoms with van der Waals surface area (Å²) in [6, 6.07) is 0. The summed E-state index contributed by atoms with van der Waals surface area (Å²) >= 11 is 0. The average molecular weight is 182 g/mol. The highest BCUT2D eigenvalue weighted by Crippen LogP contribution is 2.26. The summed E-state index contributed by atoms with van der Waals surface area (Å²) < 4.78 is 0. The Morgan fingerprint density at radius 1 is 1.33 bits per heavy atom. The number of allylic oxidation sites excluding steroid dienone is 2. The summed E-state index contributed by atoms with van der Waals surface area (Å²) in [6.07, 6.45) is 6.00. The number of aliphatic hydroxyl groups is 1. The van der Waals surface area contributed by atoms with Gasteiger partial charge >= 0.3 is 0 Å². The van der Waals surface area contributed by atoms with Crippen molar-refractivity contribution in [3.63, 3.8) is 0 Å². The number of aliphatic hydroxyl groups excluding tert-OH is 1. The lowest BCUT2D eigenvalue weighted by molar-refractivity contribution is 0.177. The molecule has 1 rings (SSSR count). The molecule has 1 aliphatic rings. The van der Waals surface area contributed by atoms with Crippen molar-refractivity contribution < 1.29 is 5.11 Å². The fourth-order valence-electron chi connectivity index (χ4n) is 1.52. The molecule has 0 aliphatic heterocycles. The van der Waals surface area contributed by atoms with Crippen LogP contribution >= 0.6 is 0 Å². The van der Waals surface area contributed by atoms with Crippen LogP contribution in [0, 0.1) is 5.92 Å². The van der Waals surface area contributed by atoms with Crippen molar-refractivity contribution in [1.29, 1.82) is 0 Å². The predicted molar refractivity (Wildman–Crippen MR) is 55.7 cm³/mol. The van der Waals surface area contributed by atoms with Crippen molar-refractivity contribution in [2.24, 2.45) is 5.92 Å². The van der Waals surface area contributed by atoms with E-state index in [1.54, 1.807) is 0 Å². The van der Waals surface area contributed by atoms with E-state index in [2.05, 4.69) is 44.8 Å². The van der Waals surface area contributed by atoms with Crippen LogP contribution in [0.5, 0.6) is 0 Å².